The summed E-state index contributed by atoms with van der Waals surface area (Å²) in [6.07, 6.45) is 9.26. The van der Waals surface area contributed by atoms with Gasteiger partial charge in [0.1, 0.15) is 5.65 Å². The van der Waals surface area contributed by atoms with Crippen molar-refractivity contribution in [2.45, 2.75) is 0 Å². The van der Waals surface area contributed by atoms with E-state index in [0.717, 1.165) is 27.5 Å². The molecule has 4 heteroatoms. The normalized spacial score (nSPS) is 11.5. The Bertz CT molecular complexity index is 848. The van der Waals surface area contributed by atoms with Crippen molar-refractivity contribution in [1.29, 1.82) is 0 Å². The predicted octanol–water partition coefficient (Wildman–Crippen LogP) is 2.43. The number of hydrogen-bond donors (Lipinski definition) is 0. The minimum Gasteiger partial charge on any atom is -0.298 e. The van der Waals surface area contributed by atoms with E-state index in [9.17, 15) is 0 Å². The number of nitrogens with zero attached hydrogens (tertiary/aromatic N) is 4. The molecule has 0 bridgehead atoms. The van der Waals surface area contributed by atoms with Crippen LogP contribution in [0.3, 0.4) is 0 Å². The lowest BCUT2D eigenvalue weighted by atomic mass is 10.2. The van der Waals surface area contributed by atoms with Crippen LogP contribution in [0.1, 0.15) is 0 Å². The van der Waals surface area contributed by atoms with Crippen LogP contribution in [0.15, 0.2) is 49.2 Å². The highest BCUT2D eigenvalue weighted by atomic mass is 15.0. The monoisotopic (exact) mass is 220 g/mol. The minimum atomic E-state index is 0.929. The molecule has 4 nitrogen and oxygen atoms in total. The molecule has 0 saturated carbocycles. The van der Waals surface area contributed by atoms with Gasteiger partial charge in [-0.05, 0) is 23.6 Å². The highest BCUT2D eigenvalue weighted by molar-refractivity contribution is 5.97. The second kappa shape index (κ2) is 3.01. The molecule has 4 aromatic heterocycles. The second-order valence-corrected chi connectivity index (χ2v) is 3.95. The lowest BCUT2D eigenvalue weighted by Gasteiger charge is -1.99. The zero-order chi connectivity index (χ0) is 11.2. The number of hydrogen-bond acceptors (Lipinski definition) is 3. The van der Waals surface area contributed by atoms with Gasteiger partial charge in [0.05, 0.1) is 17.2 Å². The van der Waals surface area contributed by atoms with E-state index in [0.29, 0.717) is 0 Å². The van der Waals surface area contributed by atoms with Crippen molar-refractivity contribution in [3.05, 3.63) is 49.2 Å². The SMILES string of the molecule is c1cc2ccn3c4cnccc4nc3c2cn1. The predicted molar refractivity (Wildman–Crippen MR) is 65.8 cm³/mol. The Labute approximate surface area is 96.6 Å². The molecule has 0 saturated heterocycles. The van der Waals surface area contributed by atoms with Gasteiger partial charge in [-0.15, -0.1) is 0 Å². The number of pyridine rings is 3. The third-order valence-electron chi connectivity index (χ3n) is 2.99. The molecule has 4 rings (SSSR count). The maximum absolute atomic E-state index is 4.63. The van der Waals surface area contributed by atoms with Crippen molar-refractivity contribution >= 4 is 27.5 Å². The van der Waals surface area contributed by atoms with E-state index in [1.54, 1.807) is 12.4 Å². The van der Waals surface area contributed by atoms with Gasteiger partial charge in [-0.1, -0.05) is 0 Å². The number of aromatic nitrogens is 4. The summed E-state index contributed by atoms with van der Waals surface area (Å²) in [7, 11) is 0. The molecule has 0 unspecified atom stereocenters. The second-order valence-electron chi connectivity index (χ2n) is 3.95. The fourth-order valence-corrected chi connectivity index (χ4v) is 2.17. The van der Waals surface area contributed by atoms with Gasteiger partial charge < -0.3 is 0 Å². The van der Waals surface area contributed by atoms with Crippen molar-refractivity contribution in [3.63, 3.8) is 0 Å². The highest BCUT2D eigenvalue weighted by Gasteiger charge is 2.06. The van der Waals surface area contributed by atoms with Gasteiger partial charge in [0, 0.05) is 30.2 Å². The van der Waals surface area contributed by atoms with Gasteiger partial charge in [0.25, 0.3) is 0 Å². The van der Waals surface area contributed by atoms with Gasteiger partial charge in [-0.25, -0.2) is 4.98 Å². The van der Waals surface area contributed by atoms with E-state index in [2.05, 4.69) is 21.0 Å². The Kier molecular flexibility index (Phi) is 1.53. The van der Waals surface area contributed by atoms with E-state index in [4.69, 9.17) is 0 Å². The summed E-state index contributed by atoms with van der Waals surface area (Å²) >= 11 is 0. The van der Waals surface area contributed by atoms with Crippen molar-refractivity contribution < 1.29 is 0 Å². The molecule has 0 fully saturated rings. The zero-order valence-corrected chi connectivity index (χ0v) is 8.91. The first-order valence-corrected chi connectivity index (χ1v) is 5.38. The Morgan fingerprint density at radius 3 is 2.82 bits per heavy atom. The molecule has 4 heterocycles. The molecule has 0 aliphatic heterocycles. The summed E-state index contributed by atoms with van der Waals surface area (Å²) in [6, 6.07) is 5.98. The first kappa shape index (κ1) is 8.64. The molecule has 0 amide bonds. The van der Waals surface area contributed by atoms with Gasteiger partial charge in [-0.2, -0.15) is 0 Å². The van der Waals surface area contributed by atoms with Crippen LogP contribution in [0, 0.1) is 0 Å². The first-order valence-electron chi connectivity index (χ1n) is 5.38. The van der Waals surface area contributed by atoms with E-state index < -0.39 is 0 Å². The number of rotatable bonds is 0. The topological polar surface area (TPSA) is 43.1 Å². The van der Waals surface area contributed by atoms with Gasteiger partial charge in [0.15, 0.2) is 0 Å². The fourth-order valence-electron chi connectivity index (χ4n) is 2.17. The molecule has 0 atom stereocenters. The molecule has 80 valence electrons. The van der Waals surface area contributed by atoms with Crippen molar-refractivity contribution in [1.82, 2.24) is 19.4 Å². The van der Waals surface area contributed by atoms with Crippen molar-refractivity contribution in [2.24, 2.45) is 0 Å². The molecule has 0 radical (unpaired) electrons. The van der Waals surface area contributed by atoms with E-state index >= 15 is 0 Å². The molecule has 0 spiro atoms. The van der Waals surface area contributed by atoms with E-state index in [1.165, 1.54) is 0 Å². The van der Waals surface area contributed by atoms with Crippen LogP contribution in [0.5, 0.6) is 0 Å². The molecular formula is C13H8N4. The molecule has 4 aromatic rings. The summed E-state index contributed by atoms with van der Waals surface area (Å²) in [6.45, 7) is 0. The average Bonchev–Trinajstić information content (AvgIpc) is 2.78. The van der Waals surface area contributed by atoms with Crippen LogP contribution < -0.4 is 0 Å². The lowest BCUT2D eigenvalue weighted by molar-refractivity contribution is 1.22. The minimum absolute atomic E-state index is 0.929. The highest BCUT2D eigenvalue weighted by Crippen LogP contribution is 2.22. The Morgan fingerprint density at radius 1 is 0.941 bits per heavy atom. The fraction of sp³-hybridized carbons (Fsp3) is 0. The molecule has 0 N–H and O–H groups in total. The summed E-state index contributed by atoms with van der Waals surface area (Å²) < 4.78 is 2.05. The average molecular weight is 220 g/mol. The van der Waals surface area contributed by atoms with Gasteiger partial charge in [-0.3, -0.25) is 14.4 Å². The quantitative estimate of drug-likeness (QED) is 0.457. The Hall–Kier alpha value is -2.49. The number of fused-ring (bicyclic) bond motifs is 5. The third-order valence-corrected chi connectivity index (χ3v) is 2.99. The standard InChI is InChI=1S/C13H8N4/c1-4-14-7-10-9(1)3-6-17-12-8-15-5-2-11(12)16-13(10)17/h1-8H. The summed E-state index contributed by atoms with van der Waals surface area (Å²) in [5.74, 6) is 0. The first-order chi connectivity index (χ1) is 8.43. The zero-order valence-electron chi connectivity index (χ0n) is 8.91. The molecule has 0 aliphatic carbocycles. The Balaban J connectivity index is 2.34. The Morgan fingerprint density at radius 2 is 1.82 bits per heavy atom. The van der Waals surface area contributed by atoms with Crippen LogP contribution in [0.2, 0.25) is 0 Å². The maximum atomic E-state index is 4.63. The van der Waals surface area contributed by atoms with E-state index in [-0.39, 0.29) is 0 Å². The van der Waals surface area contributed by atoms with Crippen molar-refractivity contribution in [2.75, 3.05) is 0 Å². The van der Waals surface area contributed by atoms with Crippen molar-refractivity contribution in [3.8, 4) is 0 Å². The van der Waals surface area contributed by atoms with Crippen LogP contribution in [-0.2, 0) is 0 Å². The molecule has 0 aromatic carbocycles. The summed E-state index contributed by atoms with van der Waals surface area (Å²) in [5.41, 5.74) is 2.91. The maximum Gasteiger partial charge on any atom is 0.147 e. The van der Waals surface area contributed by atoms with Crippen LogP contribution in [0.25, 0.3) is 27.5 Å². The third kappa shape index (κ3) is 1.09. The lowest BCUT2D eigenvalue weighted by Crippen LogP contribution is -1.86. The molecule has 0 aliphatic rings. The van der Waals surface area contributed by atoms with Gasteiger partial charge >= 0.3 is 0 Å². The van der Waals surface area contributed by atoms with Crippen LogP contribution in [0.4, 0.5) is 0 Å². The van der Waals surface area contributed by atoms with Crippen LogP contribution >= 0.6 is 0 Å². The van der Waals surface area contributed by atoms with Crippen LogP contribution in [-0.4, -0.2) is 19.4 Å². The largest absolute Gasteiger partial charge is 0.298 e. The smallest absolute Gasteiger partial charge is 0.147 e. The number of imidazole rings is 1. The summed E-state index contributed by atoms with van der Waals surface area (Å²) in [5, 5.41) is 2.21. The van der Waals surface area contributed by atoms with E-state index in [1.807, 2.05) is 35.1 Å². The summed E-state index contributed by atoms with van der Waals surface area (Å²) in [4.78, 5) is 12.9. The molecular weight excluding hydrogens is 212 g/mol. The van der Waals surface area contributed by atoms with Gasteiger partial charge in [0.2, 0.25) is 0 Å². The molecule has 17 heavy (non-hydrogen) atoms.